The number of benzene rings is 1. The first-order valence-corrected chi connectivity index (χ1v) is 7.68. The van der Waals surface area contributed by atoms with Crippen molar-refractivity contribution >= 4 is 10.0 Å². The van der Waals surface area contributed by atoms with Gasteiger partial charge in [-0.3, -0.25) is 4.98 Å². The van der Waals surface area contributed by atoms with E-state index in [1.54, 1.807) is 6.07 Å². The molecule has 2 rings (SSSR count). The van der Waals surface area contributed by atoms with Crippen LogP contribution in [0.5, 0.6) is 0 Å². The van der Waals surface area contributed by atoms with Gasteiger partial charge in [0.2, 0.25) is 10.0 Å². The van der Waals surface area contributed by atoms with Crippen LogP contribution in [0.4, 0.5) is 0 Å². The fourth-order valence-electron chi connectivity index (χ4n) is 1.75. The van der Waals surface area contributed by atoms with Gasteiger partial charge < -0.3 is 5.11 Å². The second kappa shape index (κ2) is 6.60. The van der Waals surface area contributed by atoms with Crippen LogP contribution in [-0.4, -0.2) is 31.2 Å². The number of hydrogen-bond donors (Lipinski definition) is 2. The van der Waals surface area contributed by atoms with E-state index < -0.39 is 16.1 Å². The molecule has 1 aromatic carbocycles. The summed E-state index contributed by atoms with van der Waals surface area (Å²) >= 11 is 0. The third-order valence-electron chi connectivity index (χ3n) is 2.77. The Kier molecular flexibility index (Phi) is 4.84. The highest BCUT2D eigenvalue weighted by atomic mass is 32.2. The highest BCUT2D eigenvalue weighted by Crippen LogP contribution is 2.06. The van der Waals surface area contributed by atoms with E-state index in [2.05, 4.69) is 9.71 Å². The summed E-state index contributed by atoms with van der Waals surface area (Å²) in [5.74, 6) is 0. The zero-order valence-corrected chi connectivity index (χ0v) is 11.6. The third kappa shape index (κ3) is 4.12. The van der Waals surface area contributed by atoms with Gasteiger partial charge in [0.25, 0.3) is 0 Å². The number of nitrogens with zero attached hydrogens (tertiary/aromatic N) is 1. The number of nitrogens with one attached hydrogen (secondary N) is 1. The van der Waals surface area contributed by atoms with Gasteiger partial charge >= 0.3 is 0 Å². The highest BCUT2D eigenvalue weighted by molar-refractivity contribution is 7.89. The number of rotatable bonds is 6. The van der Waals surface area contributed by atoms with Crippen molar-refractivity contribution in [3.05, 3.63) is 60.4 Å². The molecule has 6 heteroatoms. The number of aromatic nitrogens is 1. The van der Waals surface area contributed by atoms with E-state index in [4.69, 9.17) is 0 Å². The van der Waals surface area contributed by atoms with E-state index in [0.717, 1.165) is 5.56 Å². The topological polar surface area (TPSA) is 79.3 Å². The molecule has 0 saturated heterocycles. The minimum atomic E-state index is -3.62. The Balaban J connectivity index is 1.92. The second-order valence-corrected chi connectivity index (χ2v) is 6.15. The van der Waals surface area contributed by atoms with Gasteiger partial charge in [-0.1, -0.05) is 30.3 Å². The smallest absolute Gasteiger partial charge is 0.242 e. The molecule has 0 spiro atoms. The van der Waals surface area contributed by atoms with E-state index >= 15 is 0 Å². The molecule has 106 valence electrons. The maximum Gasteiger partial charge on any atom is 0.242 e. The lowest BCUT2D eigenvalue weighted by Crippen LogP contribution is -2.33. The molecule has 0 aliphatic rings. The largest absolute Gasteiger partial charge is 0.391 e. The standard InChI is InChI=1S/C14H16N2O3S/c17-13(9-12-5-2-1-3-6-12)10-16-20(18,19)14-7-4-8-15-11-14/h1-8,11,13,16-17H,9-10H2/t13-/m1/s1. The van der Waals surface area contributed by atoms with E-state index in [1.807, 2.05) is 30.3 Å². The van der Waals surface area contributed by atoms with Gasteiger partial charge in [0.05, 0.1) is 6.10 Å². The Morgan fingerprint density at radius 2 is 1.90 bits per heavy atom. The lowest BCUT2D eigenvalue weighted by Gasteiger charge is -2.12. The summed E-state index contributed by atoms with van der Waals surface area (Å²) < 4.78 is 26.2. The summed E-state index contributed by atoms with van der Waals surface area (Å²) in [5.41, 5.74) is 0.959. The van der Waals surface area contributed by atoms with Gasteiger partial charge in [0.15, 0.2) is 0 Å². The first-order chi connectivity index (χ1) is 9.58. The first kappa shape index (κ1) is 14.6. The minimum Gasteiger partial charge on any atom is -0.391 e. The number of sulfonamides is 1. The zero-order chi connectivity index (χ0) is 14.4. The molecule has 1 heterocycles. The van der Waals surface area contributed by atoms with Crippen LogP contribution < -0.4 is 4.72 Å². The van der Waals surface area contributed by atoms with Crippen molar-refractivity contribution in [2.45, 2.75) is 17.4 Å². The van der Waals surface area contributed by atoms with Crippen molar-refractivity contribution in [1.29, 1.82) is 0 Å². The van der Waals surface area contributed by atoms with Crippen molar-refractivity contribution in [3.8, 4) is 0 Å². The van der Waals surface area contributed by atoms with Crippen LogP contribution in [0.15, 0.2) is 59.8 Å². The third-order valence-corrected chi connectivity index (χ3v) is 4.18. The summed E-state index contributed by atoms with van der Waals surface area (Å²) in [6, 6.07) is 12.4. The van der Waals surface area contributed by atoms with Crippen LogP contribution >= 0.6 is 0 Å². The highest BCUT2D eigenvalue weighted by Gasteiger charge is 2.15. The maximum absolute atomic E-state index is 11.9. The molecule has 2 aromatic rings. The van der Waals surface area contributed by atoms with Crippen molar-refractivity contribution in [2.24, 2.45) is 0 Å². The van der Waals surface area contributed by atoms with Gasteiger partial charge in [-0.15, -0.1) is 0 Å². The Bertz CT molecular complexity index is 630. The zero-order valence-electron chi connectivity index (χ0n) is 10.8. The molecule has 1 aromatic heterocycles. The van der Waals surface area contributed by atoms with Crippen molar-refractivity contribution < 1.29 is 13.5 Å². The summed E-state index contributed by atoms with van der Waals surface area (Å²) in [7, 11) is -3.62. The molecule has 0 amide bonds. The first-order valence-electron chi connectivity index (χ1n) is 6.19. The molecule has 0 fully saturated rings. The Hall–Kier alpha value is -1.76. The number of pyridine rings is 1. The number of aliphatic hydroxyl groups excluding tert-OH is 1. The predicted molar refractivity (Wildman–Crippen MR) is 75.6 cm³/mol. The van der Waals surface area contributed by atoms with E-state index in [1.165, 1.54) is 18.5 Å². The molecular weight excluding hydrogens is 276 g/mol. The van der Waals surface area contributed by atoms with E-state index in [-0.39, 0.29) is 11.4 Å². The SMILES string of the molecule is O=S(=O)(NC[C@H](O)Cc1ccccc1)c1cccnc1. The number of hydrogen-bond acceptors (Lipinski definition) is 4. The Morgan fingerprint density at radius 3 is 2.55 bits per heavy atom. The van der Waals surface area contributed by atoms with Crippen LogP contribution in [0.1, 0.15) is 5.56 Å². The lowest BCUT2D eigenvalue weighted by atomic mass is 10.1. The van der Waals surface area contributed by atoms with Crippen molar-refractivity contribution in [3.63, 3.8) is 0 Å². The van der Waals surface area contributed by atoms with Crippen LogP contribution in [-0.2, 0) is 16.4 Å². The molecular formula is C14H16N2O3S. The lowest BCUT2D eigenvalue weighted by molar-refractivity contribution is 0.179. The summed E-state index contributed by atoms with van der Waals surface area (Å²) in [5, 5.41) is 9.87. The second-order valence-electron chi connectivity index (χ2n) is 4.38. The summed E-state index contributed by atoms with van der Waals surface area (Å²) in [6.45, 7) is -0.0356. The normalized spacial score (nSPS) is 13.1. The molecule has 0 saturated carbocycles. The molecule has 0 aliphatic heterocycles. The minimum absolute atomic E-state index is 0.0356. The maximum atomic E-state index is 11.9. The molecule has 0 aliphatic carbocycles. The van der Waals surface area contributed by atoms with Gasteiger partial charge in [-0.25, -0.2) is 13.1 Å². The van der Waals surface area contributed by atoms with Gasteiger partial charge in [0, 0.05) is 18.9 Å². The van der Waals surface area contributed by atoms with Crippen LogP contribution in [0, 0.1) is 0 Å². The molecule has 1 atom stereocenters. The molecule has 0 unspecified atom stereocenters. The van der Waals surface area contributed by atoms with E-state index in [9.17, 15) is 13.5 Å². The molecule has 2 N–H and O–H groups in total. The molecule has 0 radical (unpaired) electrons. The van der Waals surface area contributed by atoms with Crippen LogP contribution in [0.2, 0.25) is 0 Å². The quantitative estimate of drug-likeness (QED) is 0.831. The van der Waals surface area contributed by atoms with Gasteiger partial charge in [-0.05, 0) is 24.1 Å². The molecule has 5 nitrogen and oxygen atoms in total. The number of aliphatic hydroxyl groups is 1. The van der Waals surface area contributed by atoms with Gasteiger partial charge in [0.1, 0.15) is 4.90 Å². The van der Waals surface area contributed by atoms with Crippen molar-refractivity contribution in [1.82, 2.24) is 9.71 Å². The Morgan fingerprint density at radius 1 is 1.15 bits per heavy atom. The summed E-state index contributed by atoms with van der Waals surface area (Å²) in [6.07, 6.45) is 2.40. The molecule has 0 bridgehead atoms. The fraction of sp³-hybridized carbons (Fsp3) is 0.214. The van der Waals surface area contributed by atoms with Crippen LogP contribution in [0.25, 0.3) is 0 Å². The monoisotopic (exact) mass is 292 g/mol. The van der Waals surface area contributed by atoms with E-state index in [0.29, 0.717) is 6.42 Å². The average molecular weight is 292 g/mol. The Labute approximate surface area is 118 Å². The molecule has 20 heavy (non-hydrogen) atoms. The van der Waals surface area contributed by atoms with Crippen LogP contribution in [0.3, 0.4) is 0 Å². The average Bonchev–Trinajstić information content (AvgIpc) is 2.47. The van der Waals surface area contributed by atoms with Gasteiger partial charge in [-0.2, -0.15) is 0 Å². The predicted octanol–water partition coefficient (Wildman–Crippen LogP) is 0.963. The van der Waals surface area contributed by atoms with Crippen molar-refractivity contribution in [2.75, 3.05) is 6.54 Å². The fourth-order valence-corrected chi connectivity index (χ4v) is 2.79. The summed E-state index contributed by atoms with van der Waals surface area (Å²) in [4.78, 5) is 3.85.